The fourth-order valence-electron chi connectivity index (χ4n) is 4.80. The highest BCUT2D eigenvalue weighted by Crippen LogP contribution is 2.50. The van der Waals surface area contributed by atoms with Crippen molar-refractivity contribution in [2.75, 3.05) is 5.32 Å². The largest absolute Gasteiger partial charge is 0.480 e. The Hall–Kier alpha value is -3.45. The molecule has 1 aliphatic heterocycles. The van der Waals surface area contributed by atoms with Crippen molar-refractivity contribution in [1.82, 2.24) is 5.32 Å². The maximum atomic E-state index is 12.7. The molecule has 3 unspecified atom stereocenters. The Bertz CT molecular complexity index is 1460. The number of aliphatic carboxylic acids is 1. The Kier molecular flexibility index (Phi) is 8.46. The van der Waals surface area contributed by atoms with Crippen molar-refractivity contribution in [2.45, 2.75) is 35.1 Å². The Morgan fingerprint density at radius 3 is 2.26 bits per heavy atom. The standard InChI is InChI=1S/C31H26Cl2N2O3S/c32-23-12-7-13-24(33)29(23)26-18-28(39-21-10-5-2-6-11-21)22-16-19(14-15-25(22)34-26)17-27(31(37)38)35-30(36)20-8-3-1-4-9-20/h1-16,26-28,34H,17-18H2,(H,35,36)(H,37,38). The summed E-state index contributed by atoms with van der Waals surface area (Å²) in [6.45, 7) is 0. The van der Waals surface area contributed by atoms with Crippen LogP contribution in [0.15, 0.2) is 102 Å². The van der Waals surface area contributed by atoms with Gasteiger partial charge in [0, 0.05) is 43.4 Å². The van der Waals surface area contributed by atoms with Gasteiger partial charge in [-0.2, -0.15) is 0 Å². The predicted molar refractivity (Wildman–Crippen MR) is 158 cm³/mol. The molecule has 4 aromatic carbocycles. The highest BCUT2D eigenvalue weighted by atomic mass is 35.5. The first-order valence-electron chi connectivity index (χ1n) is 12.5. The number of carboxylic acid groups (broad SMARTS) is 1. The molecule has 5 nitrogen and oxygen atoms in total. The number of fused-ring (bicyclic) bond motifs is 1. The Morgan fingerprint density at radius 2 is 1.59 bits per heavy atom. The van der Waals surface area contributed by atoms with Gasteiger partial charge in [-0.1, -0.05) is 77.8 Å². The van der Waals surface area contributed by atoms with E-state index in [1.807, 2.05) is 54.6 Å². The summed E-state index contributed by atoms with van der Waals surface area (Å²) in [4.78, 5) is 25.9. The third-order valence-corrected chi connectivity index (χ3v) is 8.63. The molecule has 8 heteroatoms. The van der Waals surface area contributed by atoms with Crippen molar-refractivity contribution in [3.05, 3.63) is 129 Å². The van der Waals surface area contributed by atoms with Gasteiger partial charge < -0.3 is 15.7 Å². The molecule has 0 spiro atoms. The van der Waals surface area contributed by atoms with Gasteiger partial charge in [0.25, 0.3) is 5.91 Å². The predicted octanol–water partition coefficient (Wildman–Crippen LogP) is 7.81. The molecule has 1 aliphatic rings. The summed E-state index contributed by atoms with van der Waals surface area (Å²) in [5.41, 5.74) is 4.12. The quantitative estimate of drug-likeness (QED) is 0.199. The fourth-order valence-corrected chi connectivity index (χ4v) is 6.71. The number of carboxylic acids is 1. The fraction of sp³-hybridized carbons (Fsp3) is 0.161. The maximum Gasteiger partial charge on any atom is 0.326 e. The summed E-state index contributed by atoms with van der Waals surface area (Å²) in [7, 11) is 0. The van der Waals surface area contributed by atoms with Gasteiger partial charge in [0.15, 0.2) is 0 Å². The minimum Gasteiger partial charge on any atom is -0.480 e. The van der Waals surface area contributed by atoms with Crippen molar-refractivity contribution >= 4 is 52.5 Å². The number of carbonyl (C=O) groups is 2. The molecule has 0 saturated carbocycles. The van der Waals surface area contributed by atoms with Crippen LogP contribution in [0.25, 0.3) is 0 Å². The lowest BCUT2D eigenvalue weighted by Crippen LogP contribution is -2.42. The van der Waals surface area contributed by atoms with Crippen LogP contribution < -0.4 is 10.6 Å². The highest BCUT2D eigenvalue weighted by Gasteiger charge is 2.31. The number of benzene rings is 4. The van der Waals surface area contributed by atoms with Crippen molar-refractivity contribution in [3.63, 3.8) is 0 Å². The molecule has 5 rings (SSSR count). The Labute approximate surface area is 241 Å². The maximum absolute atomic E-state index is 12.7. The lowest BCUT2D eigenvalue weighted by atomic mass is 9.91. The molecule has 0 saturated heterocycles. The molecule has 39 heavy (non-hydrogen) atoms. The van der Waals surface area contributed by atoms with E-state index in [1.54, 1.807) is 42.1 Å². The first-order chi connectivity index (χ1) is 18.9. The van der Waals surface area contributed by atoms with Crippen LogP contribution in [0.2, 0.25) is 10.0 Å². The van der Waals surface area contributed by atoms with Gasteiger partial charge in [-0.25, -0.2) is 4.79 Å². The molecule has 0 radical (unpaired) electrons. The molecule has 1 amide bonds. The molecule has 3 N–H and O–H groups in total. The number of hydrogen-bond donors (Lipinski definition) is 3. The van der Waals surface area contributed by atoms with E-state index in [4.69, 9.17) is 23.2 Å². The number of anilines is 1. The topological polar surface area (TPSA) is 78.4 Å². The third-order valence-electron chi connectivity index (χ3n) is 6.69. The first-order valence-corrected chi connectivity index (χ1v) is 14.2. The molecule has 1 heterocycles. The van der Waals surface area contributed by atoms with Crippen molar-refractivity contribution in [3.8, 4) is 0 Å². The molecule has 0 bridgehead atoms. The smallest absolute Gasteiger partial charge is 0.326 e. The number of nitrogens with one attached hydrogen (secondary N) is 2. The molecule has 0 aromatic heterocycles. The summed E-state index contributed by atoms with van der Waals surface area (Å²) in [5.74, 6) is -1.50. The normalized spacial score (nSPS) is 17.0. The molecule has 3 atom stereocenters. The molecular formula is C31H26Cl2N2O3S. The summed E-state index contributed by atoms with van der Waals surface area (Å²) in [6.07, 6.45) is 0.885. The van der Waals surface area contributed by atoms with Crippen LogP contribution in [-0.2, 0) is 11.2 Å². The van der Waals surface area contributed by atoms with Crippen LogP contribution in [0.1, 0.15) is 44.8 Å². The van der Waals surface area contributed by atoms with Gasteiger partial charge in [0.05, 0.1) is 6.04 Å². The summed E-state index contributed by atoms with van der Waals surface area (Å²) in [6, 6.07) is 29.0. The SMILES string of the molecule is O=C(NC(Cc1ccc2c(c1)C(Sc1ccccc1)CC(c1c(Cl)cccc1Cl)N2)C(=O)O)c1ccccc1. The van der Waals surface area contributed by atoms with E-state index in [2.05, 4.69) is 22.8 Å². The van der Waals surface area contributed by atoms with E-state index in [1.165, 1.54) is 0 Å². The van der Waals surface area contributed by atoms with E-state index in [0.29, 0.717) is 15.6 Å². The van der Waals surface area contributed by atoms with Crippen LogP contribution >= 0.6 is 35.0 Å². The second kappa shape index (κ2) is 12.2. The number of hydrogen-bond acceptors (Lipinski definition) is 4. The van der Waals surface area contributed by atoms with E-state index in [-0.39, 0.29) is 17.7 Å². The van der Waals surface area contributed by atoms with Crippen LogP contribution in [0.4, 0.5) is 5.69 Å². The lowest BCUT2D eigenvalue weighted by molar-refractivity contribution is -0.139. The van der Waals surface area contributed by atoms with Crippen molar-refractivity contribution in [1.29, 1.82) is 0 Å². The van der Waals surface area contributed by atoms with Gasteiger partial charge in [0.2, 0.25) is 0 Å². The Morgan fingerprint density at radius 1 is 0.923 bits per heavy atom. The van der Waals surface area contributed by atoms with Gasteiger partial charge >= 0.3 is 5.97 Å². The molecule has 4 aromatic rings. The molecule has 0 fully saturated rings. The van der Waals surface area contributed by atoms with Gasteiger partial charge in [-0.3, -0.25) is 4.79 Å². The van der Waals surface area contributed by atoms with E-state index >= 15 is 0 Å². The van der Waals surface area contributed by atoms with Crippen LogP contribution in [-0.4, -0.2) is 23.0 Å². The van der Waals surface area contributed by atoms with Crippen LogP contribution in [0, 0.1) is 0 Å². The summed E-state index contributed by atoms with van der Waals surface area (Å²) < 4.78 is 0. The van der Waals surface area contributed by atoms with E-state index in [0.717, 1.165) is 33.7 Å². The number of rotatable bonds is 8. The number of halogens is 2. The van der Waals surface area contributed by atoms with Crippen LogP contribution in [0.5, 0.6) is 0 Å². The first kappa shape index (κ1) is 27.1. The number of carbonyl (C=O) groups excluding carboxylic acids is 1. The van der Waals surface area contributed by atoms with Crippen molar-refractivity contribution in [2.24, 2.45) is 0 Å². The highest BCUT2D eigenvalue weighted by molar-refractivity contribution is 7.99. The van der Waals surface area contributed by atoms with Gasteiger partial charge in [-0.15, -0.1) is 11.8 Å². The van der Waals surface area contributed by atoms with E-state index in [9.17, 15) is 14.7 Å². The second-order valence-corrected chi connectivity index (χ2v) is 11.4. The summed E-state index contributed by atoms with van der Waals surface area (Å²) >= 11 is 14.9. The second-order valence-electron chi connectivity index (χ2n) is 9.34. The average Bonchev–Trinajstić information content (AvgIpc) is 2.94. The van der Waals surface area contributed by atoms with Crippen molar-refractivity contribution < 1.29 is 14.7 Å². The zero-order chi connectivity index (χ0) is 27.4. The third kappa shape index (κ3) is 6.41. The molecule has 0 aliphatic carbocycles. The molecule has 198 valence electrons. The minimum atomic E-state index is -1.08. The Balaban J connectivity index is 1.44. The number of thioether (sulfide) groups is 1. The molecular weight excluding hydrogens is 551 g/mol. The van der Waals surface area contributed by atoms with Crippen LogP contribution in [0.3, 0.4) is 0 Å². The van der Waals surface area contributed by atoms with Gasteiger partial charge in [0.1, 0.15) is 6.04 Å². The zero-order valence-electron chi connectivity index (χ0n) is 20.8. The van der Waals surface area contributed by atoms with E-state index < -0.39 is 17.9 Å². The minimum absolute atomic E-state index is 0.0585. The monoisotopic (exact) mass is 576 g/mol. The zero-order valence-corrected chi connectivity index (χ0v) is 23.1. The lowest BCUT2D eigenvalue weighted by Gasteiger charge is -2.34. The summed E-state index contributed by atoms with van der Waals surface area (Å²) in [5, 5.41) is 17.4. The average molecular weight is 578 g/mol. The number of amides is 1. The van der Waals surface area contributed by atoms with Gasteiger partial charge in [-0.05, 0) is 60.0 Å².